The third kappa shape index (κ3) is 4.20. The molecule has 8 nitrogen and oxygen atoms in total. The summed E-state index contributed by atoms with van der Waals surface area (Å²) in [7, 11) is 0.274. The van der Waals surface area contributed by atoms with E-state index in [4.69, 9.17) is 19.3 Å². The first-order valence-corrected chi connectivity index (χ1v) is 8.59. The molecule has 0 bridgehead atoms. The fraction of sp³-hybridized carbons (Fsp3) is 0.188. The smallest absolute Gasteiger partial charge is 0.255 e. The summed E-state index contributed by atoms with van der Waals surface area (Å²) >= 11 is 0. The number of primary sulfonamides is 1. The Hall–Kier alpha value is -2.78. The van der Waals surface area contributed by atoms with E-state index in [1.54, 1.807) is 12.1 Å². The van der Waals surface area contributed by atoms with Crippen LogP contribution < -0.4 is 24.7 Å². The Morgan fingerprint density at radius 1 is 0.920 bits per heavy atom. The molecule has 0 spiro atoms. The highest BCUT2D eigenvalue weighted by Gasteiger charge is 2.17. The SMILES string of the molecule is COc1ccc(C(=O)Nc2ccc(OC)c(S(N)(=O)=O)c2)cc1OC. The minimum Gasteiger partial charge on any atom is -0.495 e. The molecule has 2 aromatic rings. The maximum absolute atomic E-state index is 12.4. The van der Waals surface area contributed by atoms with Crippen LogP contribution in [0, 0.1) is 0 Å². The first kappa shape index (κ1) is 18.6. The minimum atomic E-state index is -4.00. The van der Waals surface area contributed by atoms with Crippen LogP contribution in [0.5, 0.6) is 17.2 Å². The molecule has 25 heavy (non-hydrogen) atoms. The Morgan fingerprint density at radius 3 is 2.08 bits per heavy atom. The van der Waals surface area contributed by atoms with Crippen LogP contribution in [0.2, 0.25) is 0 Å². The number of nitrogens with two attached hydrogens (primary N) is 1. The van der Waals surface area contributed by atoms with Gasteiger partial charge in [-0.1, -0.05) is 0 Å². The van der Waals surface area contributed by atoms with Gasteiger partial charge in [0.15, 0.2) is 11.5 Å². The average Bonchev–Trinajstić information content (AvgIpc) is 2.60. The van der Waals surface area contributed by atoms with Gasteiger partial charge < -0.3 is 19.5 Å². The molecule has 2 rings (SSSR count). The predicted octanol–water partition coefficient (Wildman–Crippen LogP) is 1.61. The maximum atomic E-state index is 12.4. The van der Waals surface area contributed by atoms with Crippen LogP contribution in [0.3, 0.4) is 0 Å². The molecule has 0 aliphatic rings. The number of benzene rings is 2. The van der Waals surface area contributed by atoms with E-state index in [1.807, 2.05) is 0 Å². The topological polar surface area (TPSA) is 117 Å². The first-order chi connectivity index (χ1) is 11.8. The molecular weight excluding hydrogens is 348 g/mol. The molecule has 0 aromatic heterocycles. The summed E-state index contributed by atoms with van der Waals surface area (Å²) in [6.07, 6.45) is 0. The number of carbonyl (C=O) groups is 1. The molecule has 134 valence electrons. The summed E-state index contributed by atoms with van der Waals surface area (Å²) in [5, 5.41) is 7.76. The van der Waals surface area contributed by atoms with Gasteiger partial charge in [0.25, 0.3) is 5.91 Å². The number of anilines is 1. The van der Waals surface area contributed by atoms with Gasteiger partial charge in [-0.25, -0.2) is 13.6 Å². The fourth-order valence-corrected chi connectivity index (χ4v) is 2.88. The lowest BCUT2D eigenvalue weighted by molar-refractivity contribution is 0.102. The van der Waals surface area contributed by atoms with Crippen LogP contribution in [-0.4, -0.2) is 35.7 Å². The van der Waals surface area contributed by atoms with Gasteiger partial charge in [-0.15, -0.1) is 0 Å². The predicted molar refractivity (Wildman–Crippen MR) is 91.9 cm³/mol. The van der Waals surface area contributed by atoms with Crippen molar-refractivity contribution in [2.45, 2.75) is 4.90 Å². The average molecular weight is 366 g/mol. The lowest BCUT2D eigenvalue weighted by Crippen LogP contribution is -2.16. The standard InChI is InChI=1S/C16H18N2O6S/c1-22-12-6-4-10(8-14(12)24-3)16(19)18-11-5-7-13(23-2)15(9-11)25(17,20)21/h4-9H,1-3H3,(H,18,19)(H2,17,20,21). The summed E-state index contributed by atoms with van der Waals surface area (Å²) in [6, 6.07) is 8.81. The monoisotopic (exact) mass is 366 g/mol. The van der Waals surface area contributed by atoms with E-state index in [-0.39, 0.29) is 16.3 Å². The molecule has 0 heterocycles. The Bertz CT molecular complexity index is 895. The molecular formula is C16H18N2O6S. The number of carbonyl (C=O) groups excluding carboxylic acids is 1. The van der Waals surface area contributed by atoms with Crippen molar-refractivity contribution in [3.8, 4) is 17.2 Å². The molecule has 0 radical (unpaired) electrons. The van der Waals surface area contributed by atoms with Gasteiger partial charge >= 0.3 is 0 Å². The second-order valence-corrected chi connectivity index (χ2v) is 6.46. The van der Waals surface area contributed by atoms with Gasteiger partial charge in [0.1, 0.15) is 10.6 Å². The normalized spacial score (nSPS) is 10.9. The zero-order valence-electron chi connectivity index (χ0n) is 13.9. The van der Waals surface area contributed by atoms with Crippen LogP contribution in [0.15, 0.2) is 41.3 Å². The van der Waals surface area contributed by atoms with Crippen LogP contribution >= 0.6 is 0 Å². The molecule has 3 N–H and O–H groups in total. The van der Waals surface area contributed by atoms with E-state index < -0.39 is 15.9 Å². The molecule has 0 fully saturated rings. The number of hydrogen-bond donors (Lipinski definition) is 2. The van der Waals surface area contributed by atoms with Crippen molar-refractivity contribution in [3.63, 3.8) is 0 Å². The van der Waals surface area contributed by atoms with Gasteiger partial charge in [0.05, 0.1) is 21.3 Å². The Balaban J connectivity index is 2.32. The molecule has 9 heteroatoms. The molecule has 0 saturated heterocycles. The minimum absolute atomic E-state index is 0.0895. The molecule has 0 atom stereocenters. The third-order valence-electron chi connectivity index (χ3n) is 3.37. The van der Waals surface area contributed by atoms with Gasteiger partial charge in [-0.05, 0) is 36.4 Å². The number of nitrogens with one attached hydrogen (secondary N) is 1. The number of amides is 1. The van der Waals surface area contributed by atoms with Crippen LogP contribution in [0.1, 0.15) is 10.4 Å². The van der Waals surface area contributed by atoms with Crippen LogP contribution in [0.4, 0.5) is 5.69 Å². The van der Waals surface area contributed by atoms with E-state index in [2.05, 4.69) is 5.32 Å². The van der Waals surface area contributed by atoms with Crippen molar-refractivity contribution in [1.82, 2.24) is 0 Å². The highest BCUT2D eigenvalue weighted by Crippen LogP contribution is 2.29. The Kier molecular flexibility index (Phi) is 5.50. The Labute approximate surface area is 145 Å². The van der Waals surface area contributed by atoms with Gasteiger partial charge in [0, 0.05) is 11.3 Å². The first-order valence-electron chi connectivity index (χ1n) is 7.04. The van der Waals surface area contributed by atoms with E-state index >= 15 is 0 Å². The van der Waals surface area contributed by atoms with Gasteiger partial charge in [-0.3, -0.25) is 4.79 Å². The summed E-state index contributed by atoms with van der Waals surface area (Å²) in [5.74, 6) is 0.521. The summed E-state index contributed by atoms with van der Waals surface area (Å²) in [6.45, 7) is 0. The van der Waals surface area contributed by atoms with Gasteiger partial charge in [-0.2, -0.15) is 0 Å². The van der Waals surface area contributed by atoms with Gasteiger partial charge in [0.2, 0.25) is 10.0 Å². The van der Waals surface area contributed by atoms with Crippen LogP contribution in [0.25, 0.3) is 0 Å². The molecule has 0 unspecified atom stereocenters. The fourth-order valence-electron chi connectivity index (χ4n) is 2.16. The summed E-state index contributed by atoms with van der Waals surface area (Å²) in [5.41, 5.74) is 0.565. The quantitative estimate of drug-likeness (QED) is 0.802. The van der Waals surface area contributed by atoms with E-state index in [0.717, 1.165) is 0 Å². The highest BCUT2D eigenvalue weighted by atomic mass is 32.2. The van der Waals surface area contributed by atoms with E-state index in [1.165, 1.54) is 45.6 Å². The Morgan fingerprint density at radius 2 is 1.52 bits per heavy atom. The number of ether oxygens (including phenoxy) is 3. The summed E-state index contributed by atoms with van der Waals surface area (Å²) in [4.78, 5) is 12.2. The third-order valence-corrected chi connectivity index (χ3v) is 4.31. The van der Waals surface area contributed by atoms with Crippen molar-refractivity contribution in [2.24, 2.45) is 5.14 Å². The molecule has 2 aromatic carbocycles. The van der Waals surface area contributed by atoms with E-state index in [9.17, 15) is 13.2 Å². The zero-order valence-corrected chi connectivity index (χ0v) is 14.7. The number of methoxy groups -OCH3 is 3. The zero-order chi connectivity index (χ0) is 18.6. The lowest BCUT2D eigenvalue weighted by Gasteiger charge is -2.12. The molecule has 0 aliphatic carbocycles. The summed E-state index contributed by atoms with van der Waals surface area (Å²) < 4.78 is 38.5. The highest BCUT2D eigenvalue weighted by molar-refractivity contribution is 7.89. The molecule has 0 saturated carbocycles. The number of sulfonamides is 1. The van der Waals surface area contributed by atoms with Crippen molar-refractivity contribution in [2.75, 3.05) is 26.6 Å². The van der Waals surface area contributed by atoms with Crippen molar-refractivity contribution in [1.29, 1.82) is 0 Å². The van der Waals surface area contributed by atoms with Crippen molar-refractivity contribution >= 4 is 21.6 Å². The second-order valence-electron chi connectivity index (χ2n) is 4.93. The number of hydrogen-bond acceptors (Lipinski definition) is 6. The molecule has 1 amide bonds. The van der Waals surface area contributed by atoms with Crippen molar-refractivity contribution in [3.05, 3.63) is 42.0 Å². The van der Waals surface area contributed by atoms with E-state index in [0.29, 0.717) is 17.1 Å². The lowest BCUT2D eigenvalue weighted by atomic mass is 10.2. The molecule has 0 aliphatic heterocycles. The largest absolute Gasteiger partial charge is 0.495 e. The van der Waals surface area contributed by atoms with Crippen LogP contribution in [-0.2, 0) is 10.0 Å². The number of rotatable bonds is 6. The maximum Gasteiger partial charge on any atom is 0.255 e. The van der Waals surface area contributed by atoms with Crippen molar-refractivity contribution < 1.29 is 27.4 Å². The second kappa shape index (κ2) is 7.41.